The Balaban J connectivity index is 2.27. The molecular formula is C8H7FN4O2. The van der Waals surface area contributed by atoms with E-state index in [4.69, 9.17) is 5.11 Å². The van der Waals surface area contributed by atoms with Gasteiger partial charge in [-0.25, -0.2) is 9.78 Å². The SMILES string of the molecule is O=C(O)NCc1nc2nc(F)ccc2[nH]1. The standard InChI is InChI=1S/C8H7FN4O2/c9-5-2-1-4-7(12-5)13-6(11-4)3-10-8(14)15/h1-2,10H,3H2,(H,14,15)(H,11,12,13). The van der Waals surface area contributed by atoms with E-state index in [9.17, 15) is 9.18 Å². The highest BCUT2D eigenvalue weighted by Crippen LogP contribution is 2.08. The van der Waals surface area contributed by atoms with Crippen LogP contribution in [-0.2, 0) is 6.54 Å². The van der Waals surface area contributed by atoms with Crippen LogP contribution in [0.4, 0.5) is 9.18 Å². The van der Waals surface area contributed by atoms with Crippen molar-refractivity contribution in [1.29, 1.82) is 0 Å². The van der Waals surface area contributed by atoms with Crippen molar-refractivity contribution in [3.05, 3.63) is 23.9 Å². The number of amides is 1. The van der Waals surface area contributed by atoms with Gasteiger partial charge in [-0.3, -0.25) is 0 Å². The highest BCUT2D eigenvalue weighted by Gasteiger charge is 2.05. The summed E-state index contributed by atoms with van der Waals surface area (Å²) in [5.41, 5.74) is 0.802. The van der Waals surface area contributed by atoms with Crippen LogP contribution in [0.1, 0.15) is 5.82 Å². The first-order valence-corrected chi connectivity index (χ1v) is 4.13. The zero-order valence-corrected chi connectivity index (χ0v) is 7.49. The van der Waals surface area contributed by atoms with Crippen LogP contribution in [0, 0.1) is 5.95 Å². The van der Waals surface area contributed by atoms with Crippen molar-refractivity contribution in [3.63, 3.8) is 0 Å². The van der Waals surface area contributed by atoms with Crippen molar-refractivity contribution >= 4 is 17.3 Å². The molecule has 0 unspecified atom stereocenters. The van der Waals surface area contributed by atoms with Crippen molar-refractivity contribution in [2.45, 2.75) is 6.54 Å². The van der Waals surface area contributed by atoms with E-state index in [1.807, 2.05) is 0 Å². The number of carbonyl (C=O) groups is 1. The van der Waals surface area contributed by atoms with Gasteiger partial charge in [-0.05, 0) is 12.1 Å². The average Bonchev–Trinajstić information content (AvgIpc) is 2.56. The Kier molecular flexibility index (Phi) is 2.20. The molecule has 2 aromatic heterocycles. The molecule has 0 saturated carbocycles. The minimum atomic E-state index is -1.14. The molecule has 0 aliphatic heterocycles. The quantitative estimate of drug-likeness (QED) is 0.641. The Hall–Kier alpha value is -2.18. The molecule has 15 heavy (non-hydrogen) atoms. The summed E-state index contributed by atoms with van der Waals surface area (Å²) < 4.78 is 12.7. The third kappa shape index (κ3) is 2.01. The Bertz CT molecular complexity index is 510. The van der Waals surface area contributed by atoms with E-state index in [2.05, 4.69) is 20.3 Å². The van der Waals surface area contributed by atoms with E-state index < -0.39 is 12.0 Å². The van der Waals surface area contributed by atoms with Crippen molar-refractivity contribution < 1.29 is 14.3 Å². The van der Waals surface area contributed by atoms with Gasteiger partial charge in [-0.15, -0.1) is 0 Å². The van der Waals surface area contributed by atoms with E-state index in [0.29, 0.717) is 11.3 Å². The second-order valence-corrected chi connectivity index (χ2v) is 2.85. The van der Waals surface area contributed by atoms with Crippen molar-refractivity contribution in [3.8, 4) is 0 Å². The molecule has 6 nitrogen and oxygen atoms in total. The molecule has 0 spiro atoms. The Labute approximate surface area is 83.2 Å². The first kappa shape index (κ1) is 9.38. The Morgan fingerprint density at radius 1 is 1.53 bits per heavy atom. The van der Waals surface area contributed by atoms with Crippen LogP contribution >= 0.6 is 0 Å². The third-order valence-corrected chi connectivity index (χ3v) is 1.77. The second kappa shape index (κ2) is 3.52. The molecule has 0 aliphatic carbocycles. The van der Waals surface area contributed by atoms with Gasteiger partial charge in [0.15, 0.2) is 5.65 Å². The number of hydrogen-bond acceptors (Lipinski definition) is 3. The average molecular weight is 210 g/mol. The largest absolute Gasteiger partial charge is 0.465 e. The summed E-state index contributed by atoms with van der Waals surface area (Å²) in [5.74, 6) is -0.225. The van der Waals surface area contributed by atoms with Crippen LogP contribution < -0.4 is 5.32 Å². The number of hydrogen-bond donors (Lipinski definition) is 3. The van der Waals surface area contributed by atoms with E-state index in [0.717, 1.165) is 0 Å². The number of pyridine rings is 1. The summed E-state index contributed by atoms with van der Waals surface area (Å²) in [6, 6.07) is 2.70. The molecular weight excluding hydrogens is 203 g/mol. The number of H-pyrrole nitrogens is 1. The van der Waals surface area contributed by atoms with Gasteiger partial charge in [0.1, 0.15) is 5.82 Å². The van der Waals surface area contributed by atoms with Crippen LogP contribution in [-0.4, -0.2) is 26.2 Å². The number of aromatic nitrogens is 3. The Morgan fingerprint density at radius 3 is 3.07 bits per heavy atom. The lowest BCUT2D eigenvalue weighted by molar-refractivity contribution is 0.193. The van der Waals surface area contributed by atoms with E-state index in [-0.39, 0.29) is 12.2 Å². The second-order valence-electron chi connectivity index (χ2n) is 2.85. The summed E-state index contributed by atoms with van der Waals surface area (Å²) in [4.78, 5) is 20.5. The predicted octanol–water partition coefficient (Wildman–Crippen LogP) is 0.865. The highest BCUT2D eigenvalue weighted by atomic mass is 19.1. The van der Waals surface area contributed by atoms with Gasteiger partial charge in [-0.2, -0.15) is 9.37 Å². The van der Waals surface area contributed by atoms with E-state index >= 15 is 0 Å². The fourth-order valence-corrected chi connectivity index (χ4v) is 1.16. The number of halogens is 1. The van der Waals surface area contributed by atoms with Crippen LogP contribution in [0.3, 0.4) is 0 Å². The van der Waals surface area contributed by atoms with Gasteiger partial charge in [0.05, 0.1) is 12.1 Å². The number of imidazole rings is 1. The van der Waals surface area contributed by atoms with Gasteiger partial charge in [0.25, 0.3) is 0 Å². The minimum absolute atomic E-state index is 0.0350. The molecule has 2 heterocycles. The lowest BCUT2D eigenvalue weighted by Gasteiger charge is -1.94. The number of nitrogens with one attached hydrogen (secondary N) is 2. The number of rotatable bonds is 2. The molecule has 0 radical (unpaired) electrons. The molecule has 0 aliphatic rings. The topological polar surface area (TPSA) is 90.9 Å². The normalized spacial score (nSPS) is 10.5. The summed E-state index contributed by atoms with van der Waals surface area (Å²) in [5, 5.41) is 10.5. The van der Waals surface area contributed by atoms with Crippen LogP contribution in [0.25, 0.3) is 11.2 Å². The molecule has 7 heteroatoms. The first-order chi connectivity index (χ1) is 7.15. The highest BCUT2D eigenvalue weighted by molar-refractivity contribution is 5.70. The number of fused-ring (bicyclic) bond motifs is 1. The molecule has 0 fully saturated rings. The molecule has 0 saturated heterocycles. The molecule has 0 bridgehead atoms. The maximum atomic E-state index is 12.7. The molecule has 78 valence electrons. The van der Waals surface area contributed by atoms with Crippen molar-refractivity contribution in [1.82, 2.24) is 20.3 Å². The van der Waals surface area contributed by atoms with Crippen LogP contribution in [0.15, 0.2) is 12.1 Å². The lowest BCUT2D eigenvalue weighted by atomic mass is 10.4. The first-order valence-electron chi connectivity index (χ1n) is 4.13. The van der Waals surface area contributed by atoms with Gasteiger partial charge in [-0.1, -0.05) is 0 Å². The third-order valence-electron chi connectivity index (χ3n) is 1.77. The zero-order valence-electron chi connectivity index (χ0n) is 7.49. The van der Waals surface area contributed by atoms with Gasteiger partial charge in [0.2, 0.25) is 5.95 Å². The molecule has 0 atom stereocenters. The van der Waals surface area contributed by atoms with Crippen LogP contribution in [0.2, 0.25) is 0 Å². The summed E-state index contributed by atoms with van der Waals surface area (Å²) >= 11 is 0. The number of aromatic amines is 1. The van der Waals surface area contributed by atoms with Crippen molar-refractivity contribution in [2.24, 2.45) is 0 Å². The molecule has 1 amide bonds. The Morgan fingerprint density at radius 2 is 2.33 bits per heavy atom. The summed E-state index contributed by atoms with van der Waals surface area (Å²) in [7, 11) is 0. The molecule has 0 aromatic carbocycles. The zero-order chi connectivity index (χ0) is 10.8. The summed E-state index contributed by atoms with van der Waals surface area (Å²) in [6.45, 7) is 0.0350. The fraction of sp³-hybridized carbons (Fsp3) is 0.125. The van der Waals surface area contributed by atoms with Gasteiger partial charge in [0, 0.05) is 0 Å². The fourth-order valence-electron chi connectivity index (χ4n) is 1.16. The monoisotopic (exact) mass is 210 g/mol. The maximum absolute atomic E-state index is 12.7. The lowest BCUT2D eigenvalue weighted by Crippen LogP contribution is -2.20. The minimum Gasteiger partial charge on any atom is -0.465 e. The summed E-state index contributed by atoms with van der Waals surface area (Å²) in [6.07, 6.45) is -1.14. The van der Waals surface area contributed by atoms with E-state index in [1.165, 1.54) is 12.1 Å². The smallest absolute Gasteiger partial charge is 0.405 e. The predicted molar refractivity (Wildman–Crippen MR) is 48.7 cm³/mol. The number of nitrogens with zero attached hydrogens (tertiary/aromatic N) is 2. The van der Waals surface area contributed by atoms with Gasteiger partial charge < -0.3 is 15.4 Å². The molecule has 2 aromatic rings. The van der Waals surface area contributed by atoms with Gasteiger partial charge >= 0.3 is 6.09 Å². The molecule has 3 N–H and O–H groups in total. The van der Waals surface area contributed by atoms with E-state index in [1.54, 1.807) is 0 Å². The van der Waals surface area contributed by atoms with Crippen LogP contribution in [0.5, 0.6) is 0 Å². The maximum Gasteiger partial charge on any atom is 0.405 e. The molecule has 2 rings (SSSR count). The van der Waals surface area contributed by atoms with Crippen molar-refractivity contribution in [2.75, 3.05) is 0 Å². The number of carboxylic acid groups (broad SMARTS) is 1.